The van der Waals surface area contributed by atoms with E-state index in [4.69, 9.17) is 16.3 Å². The van der Waals surface area contributed by atoms with Crippen molar-refractivity contribution in [2.24, 2.45) is 0 Å². The van der Waals surface area contributed by atoms with Crippen LogP contribution in [-0.2, 0) is 6.54 Å². The van der Waals surface area contributed by atoms with Crippen molar-refractivity contribution in [3.63, 3.8) is 0 Å². The summed E-state index contributed by atoms with van der Waals surface area (Å²) in [6.07, 6.45) is 2.60. The normalized spacial score (nSPS) is 21.6. The van der Waals surface area contributed by atoms with Crippen molar-refractivity contribution in [3.8, 4) is 5.75 Å². The Morgan fingerprint density at radius 2 is 1.79 bits per heavy atom. The first-order valence-electron chi connectivity index (χ1n) is 10.3. The number of hydrogen-bond donors (Lipinski definition) is 0. The summed E-state index contributed by atoms with van der Waals surface area (Å²) in [5, 5.41) is 0.834. The van der Waals surface area contributed by atoms with Crippen LogP contribution in [0.25, 0.3) is 0 Å². The minimum absolute atomic E-state index is 0.672. The van der Waals surface area contributed by atoms with Crippen molar-refractivity contribution in [1.82, 2.24) is 9.80 Å². The Labute approximate surface area is 173 Å². The molecule has 2 heterocycles. The number of piperazine rings is 1. The summed E-state index contributed by atoms with van der Waals surface area (Å²) < 4.78 is 5.27. The molecular weight excluding hydrogens is 370 g/mol. The van der Waals surface area contributed by atoms with Gasteiger partial charge in [-0.2, -0.15) is 0 Å². The van der Waals surface area contributed by atoms with Gasteiger partial charge in [0.05, 0.1) is 7.11 Å². The first-order valence-corrected chi connectivity index (χ1v) is 10.7. The number of methoxy groups -OCH3 is 1. The number of piperidine rings is 1. The maximum Gasteiger partial charge on any atom is 0.119 e. The Kier molecular flexibility index (Phi) is 6.40. The number of ether oxygens (including phenoxy) is 1. The summed E-state index contributed by atoms with van der Waals surface area (Å²) in [7, 11) is 1.72. The molecule has 0 unspecified atom stereocenters. The summed E-state index contributed by atoms with van der Waals surface area (Å²) >= 11 is 6.16. The molecular formula is C23H30ClN3O. The average Bonchev–Trinajstić information content (AvgIpc) is 2.74. The van der Waals surface area contributed by atoms with E-state index in [1.54, 1.807) is 7.11 Å². The standard InChI is InChI=1S/C23H30ClN3O/c1-28-23-9-7-21(8-10-23)26-12-14-27(15-13-26)22-6-3-11-25(18-22)17-19-4-2-5-20(24)16-19/h2,4-5,7-10,16,22H,3,6,11-15,17-18H2,1H3/t22-/m0/s1. The topological polar surface area (TPSA) is 19.0 Å². The summed E-state index contributed by atoms with van der Waals surface area (Å²) in [4.78, 5) is 7.78. The van der Waals surface area contributed by atoms with Crippen molar-refractivity contribution in [1.29, 1.82) is 0 Å². The molecule has 0 aliphatic carbocycles. The summed E-state index contributed by atoms with van der Waals surface area (Å²) in [5.41, 5.74) is 2.61. The van der Waals surface area contributed by atoms with E-state index in [-0.39, 0.29) is 0 Å². The maximum absolute atomic E-state index is 6.16. The molecule has 0 spiro atoms. The van der Waals surface area contributed by atoms with Crippen molar-refractivity contribution >= 4 is 17.3 Å². The van der Waals surface area contributed by atoms with Gasteiger partial charge in [0, 0.05) is 56.0 Å². The molecule has 1 atom stereocenters. The smallest absolute Gasteiger partial charge is 0.119 e. The van der Waals surface area contributed by atoms with E-state index in [1.807, 2.05) is 6.07 Å². The highest BCUT2D eigenvalue weighted by Gasteiger charge is 2.28. The second-order valence-electron chi connectivity index (χ2n) is 7.88. The lowest BCUT2D eigenvalue weighted by atomic mass is 10.0. The first kappa shape index (κ1) is 19.6. The van der Waals surface area contributed by atoms with Crippen molar-refractivity contribution in [3.05, 3.63) is 59.1 Å². The van der Waals surface area contributed by atoms with Crippen LogP contribution in [0.5, 0.6) is 5.75 Å². The SMILES string of the molecule is COc1ccc(N2CCN([C@H]3CCCN(Cc4cccc(Cl)c4)C3)CC2)cc1. The van der Waals surface area contributed by atoms with Gasteiger partial charge < -0.3 is 9.64 Å². The molecule has 5 heteroatoms. The van der Waals surface area contributed by atoms with E-state index in [2.05, 4.69) is 57.2 Å². The van der Waals surface area contributed by atoms with E-state index in [0.717, 1.165) is 50.0 Å². The summed E-state index contributed by atoms with van der Waals surface area (Å²) in [6, 6.07) is 17.4. The highest BCUT2D eigenvalue weighted by Crippen LogP contribution is 2.24. The molecule has 0 aromatic heterocycles. The van der Waals surface area contributed by atoms with Crippen LogP contribution in [0.2, 0.25) is 5.02 Å². The van der Waals surface area contributed by atoms with Crippen LogP contribution in [0.1, 0.15) is 18.4 Å². The number of rotatable bonds is 5. The van der Waals surface area contributed by atoms with Gasteiger partial charge in [0.15, 0.2) is 0 Å². The van der Waals surface area contributed by atoms with Crippen LogP contribution in [0.4, 0.5) is 5.69 Å². The van der Waals surface area contributed by atoms with Gasteiger partial charge in [-0.05, 0) is 61.3 Å². The van der Waals surface area contributed by atoms with Gasteiger partial charge in [0.25, 0.3) is 0 Å². The molecule has 4 rings (SSSR count). The Hall–Kier alpha value is -1.75. The van der Waals surface area contributed by atoms with Crippen molar-refractivity contribution in [2.45, 2.75) is 25.4 Å². The van der Waals surface area contributed by atoms with Crippen LogP contribution in [-0.4, -0.2) is 62.2 Å². The number of nitrogens with zero attached hydrogens (tertiary/aromatic N) is 3. The average molecular weight is 400 g/mol. The second kappa shape index (κ2) is 9.17. The van der Waals surface area contributed by atoms with Gasteiger partial charge >= 0.3 is 0 Å². The number of likely N-dealkylation sites (tertiary alicyclic amines) is 1. The Morgan fingerprint density at radius 3 is 2.50 bits per heavy atom. The molecule has 0 amide bonds. The molecule has 0 saturated carbocycles. The van der Waals surface area contributed by atoms with E-state index < -0.39 is 0 Å². The van der Waals surface area contributed by atoms with Crippen molar-refractivity contribution in [2.75, 3.05) is 51.3 Å². The van der Waals surface area contributed by atoms with Gasteiger partial charge in [-0.3, -0.25) is 9.80 Å². The Morgan fingerprint density at radius 1 is 1.00 bits per heavy atom. The van der Waals surface area contributed by atoms with Crippen LogP contribution in [0, 0.1) is 0 Å². The molecule has 2 aliphatic rings. The molecule has 2 saturated heterocycles. The lowest BCUT2D eigenvalue weighted by Crippen LogP contribution is -2.55. The zero-order valence-electron chi connectivity index (χ0n) is 16.7. The number of halogens is 1. The third-order valence-corrected chi connectivity index (χ3v) is 6.28. The Bertz CT molecular complexity index is 759. The van der Waals surface area contributed by atoms with Gasteiger partial charge in [-0.1, -0.05) is 23.7 Å². The van der Waals surface area contributed by atoms with Crippen LogP contribution < -0.4 is 9.64 Å². The van der Waals surface area contributed by atoms with Crippen molar-refractivity contribution < 1.29 is 4.74 Å². The van der Waals surface area contributed by atoms with E-state index in [1.165, 1.54) is 30.6 Å². The van der Waals surface area contributed by atoms with E-state index in [0.29, 0.717) is 6.04 Å². The van der Waals surface area contributed by atoms with Gasteiger partial charge in [0.1, 0.15) is 5.75 Å². The molecule has 28 heavy (non-hydrogen) atoms. The quantitative estimate of drug-likeness (QED) is 0.752. The molecule has 0 radical (unpaired) electrons. The number of hydrogen-bond acceptors (Lipinski definition) is 4. The van der Waals surface area contributed by atoms with Gasteiger partial charge in [-0.25, -0.2) is 0 Å². The molecule has 0 bridgehead atoms. The molecule has 2 aliphatic heterocycles. The summed E-state index contributed by atoms with van der Waals surface area (Å²) in [5.74, 6) is 0.921. The first-order chi connectivity index (χ1) is 13.7. The maximum atomic E-state index is 6.16. The van der Waals surface area contributed by atoms with E-state index >= 15 is 0 Å². The van der Waals surface area contributed by atoms with Crippen LogP contribution in [0.3, 0.4) is 0 Å². The largest absolute Gasteiger partial charge is 0.497 e. The number of anilines is 1. The lowest BCUT2D eigenvalue weighted by molar-refractivity contribution is 0.0888. The van der Waals surface area contributed by atoms with Crippen LogP contribution >= 0.6 is 11.6 Å². The van der Waals surface area contributed by atoms with Gasteiger partial charge in [-0.15, -0.1) is 0 Å². The predicted molar refractivity (Wildman–Crippen MR) is 117 cm³/mol. The minimum atomic E-state index is 0.672. The Balaban J connectivity index is 1.30. The minimum Gasteiger partial charge on any atom is -0.497 e. The predicted octanol–water partition coefficient (Wildman–Crippen LogP) is 4.14. The summed E-state index contributed by atoms with van der Waals surface area (Å²) in [6.45, 7) is 7.82. The fourth-order valence-corrected chi connectivity index (χ4v) is 4.72. The number of benzene rings is 2. The van der Waals surface area contributed by atoms with E-state index in [9.17, 15) is 0 Å². The molecule has 2 aromatic carbocycles. The monoisotopic (exact) mass is 399 g/mol. The highest BCUT2D eigenvalue weighted by molar-refractivity contribution is 6.30. The fourth-order valence-electron chi connectivity index (χ4n) is 4.50. The zero-order chi connectivity index (χ0) is 19.3. The third kappa shape index (κ3) is 4.80. The zero-order valence-corrected chi connectivity index (χ0v) is 17.4. The van der Waals surface area contributed by atoms with Gasteiger partial charge in [0.2, 0.25) is 0 Å². The molecule has 2 fully saturated rings. The molecule has 0 N–H and O–H groups in total. The molecule has 150 valence electrons. The van der Waals surface area contributed by atoms with Crippen LogP contribution in [0.15, 0.2) is 48.5 Å². The fraction of sp³-hybridized carbons (Fsp3) is 0.478. The lowest BCUT2D eigenvalue weighted by Gasteiger charge is -2.44. The highest BCUT2D eigenvalue weighted by atomic mass is 35.5. The molecule has 4 nitrogen and oxygen atoms in total. The molecule has 2 aromatic rings. The second-order valence-corrected chi connectivity index (χ2v) is 8.32. The third-order valence-electron chi connectivity index (χ3n) is 6.04.